The summed E-state index contributed by atoms with van der Waals surface area (Å²) in [6, 6.07) is 16.7. The average molecular weight is 445 g/mol. The number of sulfonamides is 1. The highest BCUT2D eigenvalue weighted by atomic mass is 32.2. The molecule has 0 saturated heterocycles. The molecule has 0 saturated carbocycles. The highest BCUT2D eigenvalue weighted by Gasteiger charge is 2.30. The lowest BCUT2D eigenvalue weighted by Gasteiger charge is -2.10. The second-order valence-electron chi connectivity index (χ2n) is 6.76. The maximum atomic E-state index is 12.8. The SMILES string of the molecule is CC(O)c1ccc(S(=O)(=O)Nc2cccc(C#Cc3cccc(C(F)(F)F)c3)c2)cc1. The highest BCUT2D eigenvalue weighted by Crippen LogP contribution is 2.29. The minimum Gasteiger partial charge on any atom is -0.389 e. The fraction of sp³-hybridized carbons (Fsp3) is 0.130. The molecule has 0 radical (unpaired) electrons. The van der Waals surface area contributed by atoms with Gasteiger partial charge in [0.1, 0.15) is 0 Å². The van der Waals surface area contributed by atoms with Crippen molar-refractivity contribution in [2.75, 3.05) is 4.72 Å². The number of hydrogen-bond donors (Lipinski definition) is 2. The van der Waals surface area contributed by atoms with Crippen molar-refractivity contribution in [2.45, 2.75) is 24.1 Å². The molecule has 0 aliphatic rings. The molecule has 1 unspecified atom stereocenters. The third kappa shape index (κ3) is 5.87. The van der Waals surface area contributed by atoms with Gasteiger partial charge in [0.25, 0.3) is 10.0 Å². The molecular formula is C23H18F3NO3S. The number of hydrogen-bond acceptors (Lipinski definition) is 3. The van der Waals surface area contributed by atoms with Crippen LogP contribution in [-0.2, 0) is 16.2 Å². The molecule has 4 nitrogen and oxygen atoms in total. The summed E-state index contributed by atoms with van der Waals surface area (Å²) >= 11 is 0. The van der Waals surface area contributed by atoms with Gasteiger partial charge in [-0.3, -0.25) is 4.72 Å². The number of aliphatic hydroxyl groups is 1. The van der Waals surface area contributed by atoms with Crippen molar-refractivity contribution >= 4 is 15.7 Å². The predicted molar refractivity (Wildman–Crippen MR) is 112 cm³/mol. The van der Waals surface area contributed by atoms with Gasteiger partial charge < -0.3 is 5.11 Å². The first-order valence-corrected chi connectivity index (χ1v) is 10.6. The number of rotatable bonds is 4. The fourth-order valence-corrected chi connectivity index (χ4v) is 3.77. The van der Waals surface area contributed by atoms with Gasteiger partial charge in [-0.05, 0) is 61.0 Å². The van der Waals surface area contributed by atoms with Gasteiger partial charge in [0.15, 0.2) is 0 Å². The zero-order valence-corrected chi connectivity index (χ0v) is 17.1. The van der Waals surface area contributed by atoms with Gasteiger partial charge in [0, 0.05) is 11.1 Å². The average Bonchev–Trinajstić information content (AvgIpc) is 2.72. The van der Waals surface area contributed by atoms with Gasteiger partial charge in [-0.2, -0.15) is 13.2 Å². The number of nitrogens with one attached hydrogen (secondary N) is 1. The Labute approximate surface area is 178 Å². The van der Waals surface area contributed by atoms with Gasteiger partial charge in [0.2, 0.25) is 0 Å². The molecule has 3 aromatic carbocycles. The van der Waals surface area contributed by atoms with Crippen LogP contribution in [0.5, 0.6) is 0 Å². The van der Waals surface area contributed by atoms with E-state index >= 15 is 0 Å². The molecule has 8 heteroatoms. The highest BCUT2D eigenvalue weighted by molar-refractivity contribution is 7.92. The molecule has 0 heterocycles. The van der Waals surface area contributed by atoms with E-state index in [1.54, 1.807) is 19.1 Å². The molecule has 0 spiro atoms. The van der Waals surface area contributed by atoms with E-state index in [-0.39, 0.29) is 16.1 Å². The lowest BCUT2D eigenvalue weighted by molar-refractivity contribution is -0.137. The van der Waals surface area contributed by atoms with Crippen molar-refractivity contribution in [3.63, 3.8) is 0 Å². The maximum absolute atomic E-state index is 12.8. The Kier molecular flexibility index (Phi) is 6.39. The van der Waals surface area contributed by atoms with Crippen LogP contribution in [0.4, 0.5) is 18.9 Å². The maximum Gasteiger partial charge on any atom is 0.416 e. The number of alkyl halides is 3. The fourth-order valence-electron chi connectivity index (χ4n) is 2.72. The molecule has 160 valence electrons. The summed E-state index contributed by atoms with van der Waals surface area (Å²) < 4.78 is 66.1. The molecule has 0 aromatic heterocycles. The van der Waals surface area contributed by atoms with Crippen LogP contribution in [0.3, 0.4) is 0 Å². The van der Waals surface area contributed by atoms with Gasteiger partial charge in [-0.15, -0.1) is 0 Å². The molecule has 3 rings (SSSR count). The molecule has 0 aliphatic heterocycles. The molecule has 0 aliphatic carbocycles. The van der Waals surface area contributed by atoms with E-state index in [0.717, 1.165) is 12.1 Å². The number of aliphatic hydroxyl groups excluding tert-OH is 1. The third-order valence-electron chi connectivity index (χ3n) is 4.33. The molecule has 2 N–H and O–H groups in total. The van der Waals surface area contributed by atoms with E-state index < -0.39 is 27.9 Å². The van der Waals surface area contributed by atoms with Crippen molar-refractivity contribution in [1.82, 2.24) is 0 Å². The molecule has 0 bridgehead atoms. The lowest BCUT2D eigenvalue weighted by atomic mass is 10.1. The van der Waals surface area contributed by atoms with Gasteiger partial charge >= 0.3 is 6.18 Å². The monoisotopic (exact) mass is 445 g/mol. The van der Waals surface area contributed by atoms with Gasteiger partial charge in [-0.1, -0.05) is 36.1 Å². The van der Waals surface area contributed by atoms with E-state index in [0.29, 0.717) is 11.1 Å². The van der Waals surface area contributed by atoms with E-state index in [4.69, 9.17) is 0 Å². The summed E-state index contributed by atoms with van der Waals surface area (Å²) in [5, 5.41) is 9.54. The second kappa shape index (κ2) is 8.84. The first-order valence-electron chi connectivity index (χ1n) is 9.15. The number of halogens is 3. The smallest absolute Gasteiger partial charge is 0.389 e. The van der Waals surface area contributed by atoms with Gasteiger partial charge in [-0.25, -0.2) is 8.42 Å². The summed E-state index contributed by atoms with van der Waals surface area (Å²) in [5.41, 5.74) is 0.685. The summed E-state index contributed by atoms with van der Waals surface area (Å²) in [6.07, 6.45) is -5.17. The topological polar surface area (TPSA) is 66.4 Å². The van der Waals surface area contributed by atoms with Crippen LogP contribution in [0.1, 0.15) is 35.3 Å². The van der Waals surface area contributed by atoms with Crippen molar-refractivity contribution in [3.8, 4) is 11.8 Å². The molecule has 3 aromatic rings. The van der Waals surface area contributed by atoms with E-state index in [1.165, 1.54) is 48.5 Å². The Morgan fingerprint density at radius 2 is 1.48 bits per heavy atom. The van der Waals surface area contributed by atoms with Crippen LogP contribution in [0.2, 0.25) is 0 Å². The van der Waals surface area contributed by atoms with Crippen molar-refractivity contribution in [1.29, 1.82) is 0 Å². The Morgan fingerprint density at radius 3 is 2.06 bits per heavy atom. The summed E-state index contributed by atoms with van der Waals surface area (Å²) in [6.45, 7) is 1.58. The first kappa shape index (κ1) is 22.4. The van der Waals surface area contributed by atoms with Crippen LogP contribution in [0, 0.1) is 11.8 Å². The molecule has 31 heavy (non-hydrogen) atoms. The van der Waals surface area contributed by atoms with E-state index in [1.807, 2.05) is 0 Å². The first-order chi connectivity index (χ1) is 14.5. The van der Waals surface area contributed by atoms with Crippen LogP contribution >= 0.6 is 0 Å². The quantitative estimate of drug-likeness (QED) is 0.558. The third-order valence-corrected chi connectivity index (χ3v) is 5.73. The minimum atomic E-state index is -4.46. The summed E-state index contributed by atoms with van der Waals surface area (Å²) in [5.74, 6) is 5.41. The summed E-state index contributed by atoms with van der Waals surface area (Å²) in [4.78, 5) is 0.0253. The molecule has 1 atom stereocenters. The van der Waals surface area contributed by atoms with Crippen molar-refractivity contribution < 1.29 is 26.7 Å². The number of anilines is 1. The second-order valence-corrected chi connectivity index (χ2v) is 8.44. The van der Waals surface area contributed by atoms with Crippen LogP contribution in [0.15, 0.2) is 77.7 Å². The Hall–Kier alpha value is -3.28. The van der Waals surface area contributed by atoms with Gasteiger partial charge in [0.05, 0.1) is 22.3 Å². The Balaban J connectivity index is 1.81. The molecular weight excluding hydrogens is 427 g/mol. The van der Waals surface area contributed by atoms with Crippen LogP contribution in [-0.4, -0.2) is 13.5 Å². The van der Waals surface area contributed by atoms with Crippen molar-refractivity contribution in [3.05, 3.63) is 95.1 Å². The van der Waals surface area contributed by atoms with E-state index in [9.17, 15) is 26.7 Å². The lowest BCUT2D eigenvalue weighted by Crippen LogP contribution is -2.13. The zero-order valence-electron chi connectivity index (χ0n) is 16.3. The molecule has 0 fully saturated rings. The zero-order chi connectivity index (χ0) is 22.6. The Bertz CT molecular complexity index is 1240. The largest absolute Gasteiger partial charge is 0.416 e. The summed E-state index contributed by atoms with van der Waals surface area (Å²) in [7, 11) is -3.87. The normalized spacial score (nSPS) is 12.5. The van der Waals surface area contributed by atoms with Crippen LogP contribution < -0.4 is 4.72 Å². The van der Waals surface area contributed by atoms with Crippen LogP contribution in [0.25, 0.3) is 0 Å². The number of benzene rings is 3. The molecule has 0 amide bonds. The van der Waals surface area contributed by atoms with E-state index in [2.05, 4.69) is 16.6 Å². The predicted octanol–water partition coefficient (Wildman–Crippen LogP) is 4.96. The van der Waals surface area contributed by atoms with Crippen molar-refractivity contribution in [2.24, 2.45) is 0 Å². The Morgan fingerprint density at radius 1 is 0.903 bits per heavy atom. The minimum absolute atomic E-state index is 0.0253. The standard InChI is InChI=1S/C23H18F3NO3S/c1-16(28)19-10-12-22(13-11-19)31(29,30)27-21-7-3-5-18(15-21)9-8-17-4-2-6-20(14-17)23(24,25)26/h2-7,10-16,27-28H,1H3.